The van der Waals surface area contributed by atoms with Crippen LogP contribution in [0.1, 0.15) is 24.2 Å². The molecule has 3 aromatic heterocycles. The zero-order valence-electron chi connectivity index (χ0n) is 14.2. The quantitative estimate of drug-likeness (QED) is 0.574. The van der Waals surface area contributed by atoms with Crippen LogP contribution in [0.15, 0.2) is 47.7 Å². The lowest BCUT2D eigenvalue weighted by Gasteiger charge is -2.17. The number of pyridine rings is 1. The average Bonchev–Trinajstić information content (AvgIpc) is 3.09. The number of fused-ring (bicyclic) bond motifs is 3. The average molecular weight is 335 g/mol. The molecule has 0 saturated carbocycles. The zero-order chi connectivity index (χ0) is 17.6. The van der Waals surface area contributed by atoms with Crippen LogP contribution in [-0.2, 0) is 0 Å². The summed E-state index contributed by atoms with van der Waals surface area (Å²) in [7, 11) is 1.63. The Morgan fingerprint density at radius 3 is 2.64 bits per heavy atom. The Kier molecular flexibility index (Phi) is 3.49. The number of aromatic nitrogens is 5. The van der Waals surface area contributed by atoms with Gasteiger partial charge in [0.2, 0.25) is 0 Å². The molecule has 0 spiro atoms. The van der Waals surface area contributed by atoms with Crippen molar-refractivity contribution in [1.29, 1.82) is 0 Å². The maximum atomic E-state index is 13.1. The molecule has 7 heteroatoms. The molecule has 1 atom stereocenters. The van der Waals surface area contributed by atoms with Crippen LogP contribution in [0, 0.1) is 6.92 Å². The van der Waals surface area contributed by atoms with Gasteiger partial charge in [-0.05, 0) is 37.6 Å². The van der Waals surface area contributed by atoms with Gasteiger partial charge in [0.1, 0.15) is 12.1 Å². The standard InChI is InChI=1S/C18H17N5O2/c1-11-16-15(23-18(21-11)19-10-20-23)8-9-22(17(16)24)12(2)13-4-6-14(25-3)7-5-13/h4-10,12H,1-3H3. The summed E-state index contributed by atoms with van der Waals surface area (Å²) in [6.07, 6.45) is 3.23. The molecule has 0 aliphatic rings. The van der Waals surface area contributed by atoms with Crippen molar-refractivity contribution < 1.29 is 4.74 Å². The van der Waals surface area contributed by atoms with Gasteiger partial charge in [0.15, 0.2) is 0 Å². The molecule has 0 radical (unpaired) electrons. The minimum Gasteiger partial charge on any atom is -0.497 e. The molecule has 0 fully saturated rings. The second-order valence-electron chi connectivity index (χ2n) is 5.91. The Morgan fingerprint density at radius 1 is 1.16 bits per heavy atom. The highest BCUT2D eigenvalue weighted by atomic mass is 16.5. The topological polar surface area (TPSA) is 74.3 Å². The SMILES string of the molecule is COc1ccc(C(C)n2ccc3c(c(C)nc4ncnn43)c2=O)cc1. The molecular formula is C18H17N5O2. The molecule has 25 heavy (non-hydrogen) atoms. The predicted octanol–water partition coefficient (Wildman–Crippen LogP) is 2.37. The Balaban J connectivity index is 1.90. The Bertz CT molecular complexity index is 1130. The molecular weight excluding hydrogens is 318 g/mol. The molecule has 0 bridgehead atoms. The summed E-state index contributed by atoms with van der Waals surface area (Å²) in [4.78, 5) is 21.6. The summed E-state index contributed by atoms with van der Waals surface area (Å²) < 4.78 is 8.49. The Morgan fingerprint density at radius 2 is 1.92 bits per heavy atom. The van der Waals surface area contributed by atoms with Gasteiger partial charge >= 0.3 is 0 Å². The van der Waals surface area contributed by atoms with Crippen molar-refractivity contribution in [3.05, 3.63) is 64.5 Å². The molecule has 3 heterocycles. The maximum absolute atomic E-state index is 13.1. The van der Waals surface area contributed by atoms with Crippen molar-refractivity contribution >= 4 is 16.7 Å². The Labute approximate surface area is 143 Å². The monoisotopic (exact) mass is 335 g/mol. The number of hydrogen-bond acceptors (Lipinski definition) is 5. The Hall–Kier alpha value is -3.22. The van der Waals surface area contributed by atoms with Gasteiger partial charge in [-0.25, -0.2) is 4.98 Å². The van der Waals surface area contributed by atoms with Crippen LogP contribution >= 0.6 is 0 Å². The number of benzene rings is 1. The van der Waals surface area contributed by atoms with Gasteiger partial charge < -0.3 is 9.30 Å². The second-order valence-corrected chi connectivity index (χ2v) is 5.91. The first-order valence-electron chi connectivity index (χ1n) is 7.95. The molecule has 0 aliphatic carbocycles. The van der Waals surface area contributed by atoms with Gasteiger partial charge in [-0.3, -0.25) is 4.79 Å². The van der Waals surface area contributed by atoms with E-state index in [2.05, 4.69) is 15.1 Å². The number of methoxy groups -OCH3 is 1. The molecule has 0 aliphatic heterocycles. The lowest BCUT2D eigenvalue weighted by Crippen LogP contribution is -2.25. The van der Waals surface area contributed by atoms with E-state index in [1.165, 1.54) is 6.33 Å². The van der Waals surface area contributed by atoms with Gasteiger partial charge in [0, 0.05) is 6.20 Å². The first kappa shape index (κ1) is 15.3. The summed E-state index contributed by atoms with van der Waals surface area (Å²) >= 11 is 0. The highest BCUT2D eigenvalue weighted by Crippen LogP contribution is 2.21. The summed E-state index contributed by atoms with van der Waals surface area (Å²) in [5.41, 5.74) is 2.29. The van der Waals surface area contributed by atoms with Gasteiger partial charge in [0.25, 0.3) is 11.3 Å². The van der Waals surface area contributed by atoms with Crippen molar-refractivity contribution in [2.75, 3.05) is 7.11 Å². The number of hydrogen-bond donors (Lipinski definition) is 0. The van der Waals surface area contributed by atoms with E-state index in [0.717, 1.165) is 11.3 Å². The van der Waals surface area contributed by atoms with Gasteiger partial charge in [-0.2, -0.15) is 14.6 Å². The minimum atomic E-state index is -0.117. The van der Waals surface area contributed by atoms with Crippen molar-refractivity contribution in [2.45, 2.75) is 19.9 Å². The number of ether oxygens (including phenoxy) is 1. The van der Waals surface area contributed by atoms with E-state index in [1.54, 1.807) is 22.4 Å². The van der Waals surface area contributed by atoms with Crippen LogP contribution in [0.5, 0.6) is 5.75 Å². The van der Waals surface area contributed by atoms with Crippen LogP contribution < -0.4 is 10.3 Å². The van der Waals surface area contributed by atoms with Gasteiger partial charge in [0.05, 0.1) is 29.7 Å². The molecule has 1 aromatic carbocycles. The van der Waals surface area contributed by atoms with Crippen molar-refractivity contribution in [3.8, 4) is 5.75 Å². The van der Waals surface area contributed by atoms with Crippen LogP contribution in [0.3, 0.4) is 0 Å². The van der Waals surface area contributed by atoms with E-state index >= 15 is 0 Å². The van der Waals surface area contributed by atoms with Crippen LogP contribution in [-0.4, -0.2) is 31.3 Å². The molecule has 4 rings (SSSR count). The molecule has 126 valence electrons. The summed E-state index contributed by atoms with van der Waals surface area (Å²) in [5.74, 6) is 1.28. The normalized spacial score (nSPS) is 12.6. The van der Waals surface area contributed by atoms with E-state index in [-0.39, 0.29) is 11.6 Å². The molecule has 0 N–H and O–H groups in total. The van der Waals surface area contributed by atoms with Crippen LogP contribution in [0.2, 0.25) is 0 Å². The van der Waals surface area contributed by atoms with E-state index in [1.807, 2.05) is 44.2 Å². The van der Waals surface area contributed by atoms with Gasteiger partial charge in [-0.15, -0.1) is 0 Å². The van der Waals surface area contributed by atoms with Gasteiger partial charge in [-0.1, -0.05) is 12.1 Å². The van der Waals surface area contributed by atoms with Crippen molar-refractivity contribution in [3.63, 3.8) is 0 Å². The first-order valence-corrected chi connectivity index (χ1v) is 7.95. The fourth-order valence-electron chi connectivity index (χ4n) is 3.09. The first-order chi connectivity index (χ1) is 12.1. The fourth-order valence-corrected chi connectivity index (χ4v) is 3.09. The minimum absolute atomic E-state index is 0.0942. The van der Waals surface area contributed by atoms with Crippen LogP contribution in [0.4, 0.5) is 0 Å². The smallest absolute Gasteiger partial charge is 0.262 e. The molecule has 0 amide bonds. The third-order valence-corrected chi connectivity index (χ3v) is 4.50. The van der Waals surface area contributed by atoms with Crippen LogP contribution in [0.25, 0.3) is 16.7 Å². The highest BCUT2D eigenvalue weighted by molar-refractivity contribution is 5.81. The third kappa shape index (κ3) is 2.36. The van der Waals surface area contributed by atoms with E-state index in [0.29, 0.717) is 22.4 Å². The van der Waals surface area contributed by atoms with E-state index in [9.17, 15) is 4.79 Å². The largest absolute Gasteiger partial charge is 0.497 e. The third-order valence-electron chi connectivity index (χ3n) is 4.50. The second kappa shape index (κ2) is 5.70. The molecule has 1 unspecified atom stereocenters. The number of aryl methyl sites for hydroxylation is 1. The lowest BCUT2D eigenvalue weighted by molar-refractivity contribution is 0.414. The summed E-state index contributed by atoms with van der Waals surface area (Å²) in [6.45, 7) is 3.81. The zero-order valence-corrected chi connectivity index (χ0v) is 14.2. The molecule has 0 saturated heterocycles. The van der Waals surface area contributed by atoms with Crippen molar-refractivity contribution in [1.82, 2.24) is 24.1 Å². The summed E-state index contributed by atoms with van der Waals surface area (Å²) in [5, 5.41) is 4.72. The van der Waals surface area contributed by atoms with E-state index in [4.69, 9.17) is 4.74 Å². The molecule has 7 nitrogen and oxygen atoms in total. The molecule has 4 aromatic rings. The number of nitrogens with zero attached hydrogens (tertiary/aromatic N) is 5. The fraction of sp³-hybridized carbons (Fsp3) is 0.222. The van der Waals surface area contributed by atoms with E-state index < -0.39 is 0 Å². The number of rotatable bonds is 3. The predicted molar refractivity (Wildman–Crippen MR) is 94.1 cm³/mol. The van der Waals surface area contributed by atoms with Crippen molar-refractivity contribution in [2.24, 2.45) is 0 Å². The highest BCUT2D eigenvalue weighted by Gasteiger charge is 2.16. The lowest BCUT2D eigenvalue weighted by atomic mass is 10.1. The maximum Gasteiger partial charge on any atom is 0.262 e. The summed E-state index contributed by atoms with van der Waals surface area (Å²) in [6, 6.07) is 9.48.